The van der Waals surface area contributed by atoms with Crippen LogP contribution < -0.4 is 0 Å². The number of allylic oxidation sites excluding steroid dienone is 1. The lowest BCUT2D eigenvalue weighted by molar-refractivity contribution is 0.209. The van der Waals surface area contributed by atoms with Crippen LogP contribution >= 0.6 is 0 Å². The second-order valence-electron chi connectivity index (χ2n) is 5.94. The molecule has 0 aromatic rings. The third-order valence-electron chi connectivity index (χ3n) is 3.94. The first-order chi connectivity index (χ1) is 10.8. The monoisotopic (exact) mass is 306 g/mol. The highest BCUT2D eigenvalue weighted by Crippen LogP contribution is 2.16. The van der Waals surface area contributed by atoms with Crippen molar-refractivity contribution in [3.8, 4) is 0 Å². The van der Waals surface area contributed by atoms with Gasteiger partial charge in [0, 0.05) is 0 Å². The molecule has 0 saturated heterocycles. The molecule has 1 N–H and O–H groups in total. The molecule has 1 aliphatic carbocycles. The van der Waals surface area contributed by atoms with E-state index in [2.05, 4.69) is 6.92 Å². The summed E-state index contributed by atoms with van der Waals surface area (Å²) in [5.41, 5.74) is 0.237. The third-order valence-corrected chi connectivity index (χ3v) is 3.94. The predicted octanol–water partition coefficient (Wildman–Crippen LogP) is 4.50. The highest BCUT2D eigenvalue weighted by molar-refractivity contribution is 5.62. The SMILES string of the molecule is CCCCCCCCCCCCOC1=CC(=C=O)C(O)C=C1. The normalized spacial score (nSPS) is 17.3. The van der Waals surface area contributed by atoms with Crippen molar-refractivity contribution in [2.75, 3.05) is 6.61 Å². The summed E-state index contributed by atoms with van der Waals surface area (Å²) in [6.07, 6.45) is 17.0. The Bertz CT molecular complexity index is 403. The molecule has 0 radical (unpaired) electrons. The summed E-state index contributed by atoms with van der Waals surface area (Å²) in [7, 11) is 0. The number of hydrogen-bond acceptors (Lipinski definition) is 3. The van der Waals surface area contributed by atoms with Crippen LogP contribution in [-0.4, -0.2) is 23.8 Å². The Labute approximate surface area is 134 Å². The maximum absolute atomic E-state index is 10.6. The van der Waals surface area contributed by atoms with Gasteiger partial charge in [-0.2, -0.15) is 0 Å². The molecule has 0 heterocycles. The van der Waals surface area contributed by atoms with E-state index in [-0.39, 0.29) is 5.57 Å². The van der Waals surface area contributed by atoms with Crippen molar-refractivity contribution < 1.29 is 14.6 Å². The van der Waals surface area contributed by atoms with E-state index in [4.69, 9.17) is 4.74 Å². The van der Waals surface area contributed by atoms with Gasteiger partial charge in [-0.3, -0.25) is 0 Å². The Balaban J connectivity index is 1.96. The average Bonchev–Trinajstić information content (AvgIpc) is 2.54. The van der Waals surface area contributed by atoms with Crippen LogP contribution in [0.1, 0.15) is 71.1 Å². The molecule has 0 amide bonds. The number of ether oxygens (including phenoxy) is 1. The fourth-order valence-corrected chi connectivity index (χ4v) is 2.54. The van der Waals surface area contributed by atoms with Crippen LogP contribution in [0, 0.1) is 0 Å². The van der Waals surface area contributed by atoms with Crippen molar-refractivity contribution in [3.05, 3.63) is 29.6 Å². The molecule has 0 fully saturated rings. The van der Waals surface area contributed by atoms with Gasteiger partial charge in [-0.25, -0.2) is 4.79 Å². The maximum Gasteiger partial charge on any atom is 0.131 e. The molecule has 22 heavy (non-hydrogen) atoms. The van der Waals surface area contributed by atoms with E-state index in [0.29, 0.717) is 12.4 Å². The highest BCUT2D eigenvalue weighted by Gasteiger charge is 2.12. The van der Waals surface area contributed by atoms with E-state index in [1.165, 1.54) is 57.8 Å². The van der Waals surface area contributed by atoms with Crippen LogP contribution in [0.3, 0.4) is 0 Å². The van der Waals surface area contributed by atoms with Crippen LogP contribution in [0.25, 0.3) is 0 Å². The summed E-state index contributed by atoms with van der Waals surface area (Å²) >= 11 is 0. The lowest BCUT2D eigenvalue weighted by Gasteiger charge is -2.13. The first-order valence-corrected chi connectivity index (χ1v) is 8.73. The van der Waals surface area contributed by atoms with Gasteiger partial charge in [0.2, 0.25) is 0 Å². The summed E-state index contributed by atoms with van der Waals surface area (Å²) < 4.78 is 5.60. The molecule has 0 aromatic heterocycles. The average molecular weight is 306 g/mol. The van der Waals surface area contributed by atoms with Crippen LogP contribution in [0.5, 0.6) is 0 Å². The van der Waals surface area contributed by atoms with Crippen LogP contribution in [-0.2, 0) is 9.53 Å². The molecular formula is C19H30O3. The minimum absolute atomic E-state index is 0.237. The molecule has 124 valence electrons. The smallest absolute Gasteiger partial charge is 0.131 e. The fraction of sp³-hybridized carbons (Fsp3) is 0.684. The predicted molar refractivity (Wildman–Crippen MR) is 90.2 cm³/mol. The van der Waals surface area contributed by atoms with E-state index < -0.39 is 6.10 Å². The number of rotatable bonds is 12. The van der Waals surface area contributed by atoms with Crippen molar-refractivity contribution >= 4 is 5.94 Å². The van der Waals surface area contributed by atoms with Crippen molar-refractivity contribution in [1.82, 2.24) is 0 Å². The molecule has 0 aliphatic heterocycles. The molecular weight excluding hydrogens is 276 g/mol. The van der Waals surface area contributed by atoms with Crippen LogP contribution in [0.4, 0.5) is 0 Å². The van der Waals surface area contributed by atoms with E-state index in [9.17, 15) is 9.90 Å². The fourth-order valence-electron chi connectivity index (χ4n) is 2.54. The summed E-state index contributed by atoms with van der Waals surface area (Å²) in [6.45, 7) is 2.91. The number of aliphatic hydroxyl groups excluding tert-OH is 1. The maximum atomic E-state index is 10.6. The number of unbranched alkanes of at least 4 members (excludes halogenated alkanes) is 9. The van der Waals surface area contributed by atoms with Crippen molar-refractivity contribution in [2.45, 2.75) is 77.2 Å². The number of aliphatic hydroxyl groups is 1. The van der Waals surface area contributed by atoms with Gasteiger partial charge in [0.1, 0.15) is 17.8 Å². The van der Waals surface area contributed by atoms with Gasteiger partial charge in [-0.1, -0.05) is 64.7 Å². The molecule has 0 bridgehead atoms. The first-order valence-electron chi connectivity index (χ1n) is 8.73. The Hall–Kier alpha value is -1.31. The van der Waals surface area contributed by atoms with Gasteiger partial charge >= 0.3 is 0 Å². The first kappa shape index (κ1) is 18.7. The third kappa shape index (κ3) is 8.21. The quantitative estimate of drug-likeness (QED) is 0.426. The van der Waals surface area contributed by atoms with Crippen molar-refractivity contribution in [3.63, 3.8) is 0 Å². The zero-order chi connectivity index (χ0) is 16.0. The summed E-state index contributed by atoms with van der Waals surface area (Å²) in [5.74, 6) is 2.37. The van der Waals surface area contributed by atoms with E-state index in [1.807, 2.05) is 0 Å². The topological polar surface area (TPSA) is 46.5 Å². The molecule has 1 aliphatic rings. The molecule has 0 saturated carbocycles. The van der Waals surface area contributed by atoms with Gasteiger partial charge in [-0.05, 0) is 24.6 Å². The Morgan fingerprint density at radius 1 is 1.05 bits per heavy atom. The van der Waals surface area contributed by atoms with Crippen LogP contribution in [0.15, 0.2) is 29.6 Å². The minimum atomic E-state index is -0.845. The zero-order valence-corrected chi connectivity index (χ0v) is 13.9. The molecule has 3 nitrogen and oxygen atoms in total. The second-order valence-corrected chi connectivity index (χ2v) is 5.94. The zero-order valence-electron chi connectivity index (χ0n) is 13.9. The van der Waals surface area contributed by atoms with Crippen LogP contribution in [0.2, 0.25) is 0 Å². The molecule has 0 spiro atoms. The second kappa shape index (κ2) is 12.3. The lowest BCUT2D eigenvalue weighted by Crippen LogP contribution is -2.10. The molecule has 1 unspecified atom stereocenters. The summed E-state index contributed by atoms with van der Waals surface area (Å²) in [4.78, 5) is 10.6. The minimum Gasteiger partial charge on any atom is -0.494 e. The Morgan fingerprint density at radius 2 is 1.64 bits per heavy atom. The summed E-state index contributed by atoms with van der Waals surface area (Å²) in [5, 5.41) is 9.46. The van der Waals surface area contributed by atoms with Gasteiger partial charge in [0.05, 0.1) is 12.2 Å². The van der Waals surface area contributed by atoms with Gasteiger partial charge in [0.25, 0.3) is 0 Å². The lowest BCUT2D eigenvalue weighted by atomic mass is 10.1. The Kier molecular flexibility index (Phi) is 10.4. The van der Waals surface area contributed by atoms with Gasteiger partial charge in [0.15, 0.2) is 0 Å². The Morgan fingerprint density at radius 3 is 2.23 bits per heavy atom. The van der Waals surface area contributed by atoms with Crippen molar-refractivity contribution in [1.29, 1.82) is 0 Å². The standard InChI is InChI=1S/C19H30O3/c1-2-3-4-5-6-7-8-9-10-11-14-22-18-12-13-19(21)17(15-18)16-20/h12-13,15,19,21H,2-11,14H2,1H3. The van der Waals surface area contributed by atoms with E-state index >= 15 is 0 Å². The molecule has 1 atom stereocenters. The largest absolute Gasteiger partial charge is 0.494 e. The molecule has 3 heteroatoms. The highest BCUT2D eigenvalue weighted by atomic mass is 16.5. The van der Waals surface area contributed by atoms with Crippen molar-refractivity contribution in [2.24, 2.45) is 0 Å². The molecule has 1 rings (SSSR count). The van der Waals surface area contributed by atoms with Gasteiger partial charge in [-0.15, -0.1) is 0 Å². The number of hydrogen-bond donors (Lipinski definition) is 1. The van der Waals surface area contributed by atoms with E-state index in [0.717, 1.165) is 6.42 Å². The van der Waals surface area contributed by atoms with Gasteiger partial charge < -0.3 is 9.84 Å². The summed E-state index contributed by atoms with van der Waals surface area (Å²) in [6, 6.07) is 0. The molecule has 0 aromatic carbocycles. The number of carbonyl (C=O) groups excluding carboxylic acids is 1. The van der Waals surface area contributed by atoms with E-state index in [1.54, 1.807) is 24.2 Å².